The monoisotopic (exact) mass is 296 g/mol. The first kappa shape index (κ1) is 14.0. The second kappa shape index (κ2) is 5.24. The SMILES string of the molecule is CCC[C@@]1(C(=O)c2ccc3[nH]ccc3c2)CC[C@@H]2CC[C@H]1N2. The molecular weight excluding hydrogens is 272 g/mol. The molecule has 2 saturated heterocycles. The van der Waals surface area contributed by atoms with E-state index in [-0.39, 0.29) is 5.41 Å². The van der Waals surface area contributed by atoms with Gasteiger partial charge in [-0.1, -0.05) is 13.3 Å². The highest BCUT2D eigenvalue weighted by molar-refractivity contribution is 6.03. The molecule has 2 aromatic rings. The van der Waals surface area contributed by atoms with Crippen LogP contribution in [-0.4, -0.2) is 22.9 Å². The summed E-state index contributed by atoms with van der Waals surface area (Å²) < 4.78 is 0. The molecule has 2 aliphatic rings. The number of carbonyl (C=O) groups is 1. The van der Waals surface area contributed by atoms with Crippen molar-refractivity contribution in [2.45, 2.75) is 57.5 Å². The predicted molar refractivity (Wildman–Crippen MR) is 89.1 cm³/mol. The van der Waals surface area contributed by atoms with Crippen LogP contribution in [0, 0.1) is 5.41 Å². The average molecular weight is 296 g/mol. The number of piperidine rings is 1. The van der Waals surface area contributed by atoms with Crippen LogP contribution in [-0.2, 0) is 0 Å². The Morgan fingerprint density at radius 2 is 2.18 bits per heavy atom. The topological polar surface area (TPSA) is 44.9 Å². The molecule has 1 aromatic heterocycles. The van der Waals surface area contributed by atoms with E-state index < -0.39 is 0 Å². The lowest BCUT2D eigenvalue weighted by molar-refractivity contribution is 0.0617. The van der Waals surface area contributed by atoms with Crippen LogP contribution in [0.15, 0.2) is 30.5 Å². The van der Waals surface area contributed by atoms with E-state index in [9.17, 15) is 4.79 Å². The van der Waals surface area contributed by atoms with Crippen LogP contribution in [0.4, 0.5) is 0 Å². The van der Waals surface area contributed by atoms with Crippen LogP contribution in [0.2, 0.25) is 0 Å². The normalized spacial score (nSPS) is 30.8. The summed E-state index contributed by atoms with van der Waals surface area (Å²) in [5.41, 5.74) is 1.79. The molecule has 0 amide bonds. The maximum atomic E-state index is 13.4. The van der Waals surface area contributed by atoms with Crippen molar-refractivity contribution < 1.29 is 4.79 Å². The van der Waals surface area contributed by atoms with Crippen molar-refractivity contribution in [3.63, 3.8) is 0 Å². The number of carbonyl (C=O) groups excluding carboxylic acids is 1. The molecular formula is C19H24N2O. The molecule has 3 heterocycles. The van der Waals surface area contributed by atoms with Gasteiger partial charge in [0.1, 0.15) is 0 Å². The number of ketones is 1. The van der Waals surface area contributed by atoms with Gasteiger partial charge in [-0.2, -0.15) is 0 Å². The average Bonchev–Trinajstić information content (AvgIpc) is 3.16. The molecule has 0 saturated carbocycles. The first-order chi connectivity index (χ1) is 10.7. The summed E-state index contributed by atoms with van der Waals surface area (Å²) in [6.07, 6.45) is 8.59. The van der Waals surface area contributed by atoms with E-state index >= 15 is 0 Å². The smallest absolute Gasteiger partial charge is 0.170 e. The van der Waals surface area contributed by atoms with Gasteiger partial charge in [0.05, 0.1) is 0 Å². The number of fused-ring (bicyclic) bond motifs is 3. The van der Waals surface area contributed by atoms with Crippen molar-refractivity contribution in [2.24, 2.45) is 5.41 Å². The molecule has 116 valence electrons. The van der Waals surface area contributed by atoms with E-state index in [1.807, 2.05) is 24.4 Å². The standard InChI is InChI=1S/C19H24N2O/c1-2-9-19(10-7-15-4-6-17(19)21-15)18(22)14-3-5-16-13(12-14)8-11-20-16/h3,5,8,11-12,15,17,20-21H,2,4,6-7,9-10H2,1H3/t15-,17+,19+/m0/s1. The minimum atomic E-state index is -0.189. The van der Waals surface area contributed by atoms with Crippen LogP contribution < -0.4 is 5.32 Å². The van der Waals surface area contributed by atoms with Gasteiger partial charge in [0, 0.05) is 40.2 Å². The summed E-state index contributed by atoms with van der Waals surface area (Å²) in [5.74, 6) is 0.357. The molecule has 2 fully saturated rings. The number of hydrogen-bond donors (Lipinski definition) is 2. The minimum absolute atomic E-state index is 0.189. The summed E-state index contributed by atoms with van der Waals surface area (Å²) in [5, 5.41) is 4.85. The lowest BCUT2D eigenvalue weighted by Crippen LogP contribution is -2.52. The number of rotatable bonds is 4. The van der Waals surface area contributed by atoms with E-state index in [0.29, 0.717) is 17.9 Å². The number of hydrogen-bond acceptors (Lipinski definition) is 2. The predicted octanol–water partition coefficient (Wildman–Crippen LogP) is 4.05. The summed E-state index contributed by atoms with van der Waals surface area (Å²) in [6, 6.07) is 9.17. The summed E-state index contributed by atoms with van der Waals surface area (Å²) >= 11 is 0. The van der Waals surface area contributed by atoms with Gasteiger partial charge in [0.25, 0.3) is 0 Å². The van der Waals surface area contributed by atoms with Gasteiger partial charge in [-0.05, 0) is 56.4 Å². The maximum Gasteiger partial charge on any atom is 0.170 e. The molecule has 22 heavy (non-hydrogen) atoms. The zero-order chi connectivity index (χ0) is 15.2. The minimum Gasteiger partial charge on any atom is -0.361 e. The van der Waals surface area contributed by atoms with Crippen molar-refractivity contribution >= 4 is 16.7 Å². The third-order valence-corrected chi connectivity index (χ3v) is 5.81. The van der Waals surface area contributed by atoms with Crippen LogP contribution in [0.25, 0.3) is 10.9 Å². The third kappa shape index (κ3) is 2.03. The number of aromatic nitrogens is 1. The Balaban J connectivity index is 1.73. The molecule has 3 heteroatoms. The van der Waals surface area contributed by atoms with Gasteiger partial charge in [-0.3, -0.25) is 4.79 Å². The molecule has 0 radical (unpaired) electrons. The lowest BCUT2D eigenvalue weighted by Gasteiger charge is -2.42. The first-order valence-corrected chi connectivity index (χ1v) is 8.61. The highest BCUT2D eigenvalue weighted by atomic mass is 16.1. The van der Waals surface area contributed by atoms with Crippen LogP contribution >= 0.6 is 0 Å². The molecule has 0 spiro atoms. The van der Waals surface area contributed by atoms with E-state index in [0.717, 1.165) is 48.6 Å². The second-order valence-electron chi connectivity index (χ2n) is 7.05. The molecule has 4 rings (SSSR count). The van der Waals surface area contributed by atoms with Gasteiger partial charge < -0.3 is 10.3 Å². The highest BCUT2D eigenvalue weighted by Gasteiger charge is 2.50. The maximum absolute atomic E-state index is 13.4. The molecule has 0 aliphatic carbocycles. The highest BCUT2D eigenvalue weighted by Crippen LogP contribution is 2.46. The molecule has 2 bridgehead atoms. The first-order valence-electron chi connectivity index (χ1n) is 8.61. The Labute approximate surface area is 131 Å². The fourth-order valence-electron chi connectivity index (χ4n) is 4.70. The van der Waals surface area contributed by atoms with E-state index in [1.165, 1.54) is 6.42 Å². The zero-order valence-electron chi connectivity index (χ0n) is 13.2. The number of aromatic amines is 1. The molecule has 3 atom stereocenters. The number of Topliss-reactive ketones (excluding diaryl/α,β-unsaturated/α-hetero) is 1. The molecule has 0 unspecified atom stereocenters. The van der Waals surface area contributed by atoms with Gasteiger partial charge >= 0.3 is 0 Å². The Morgan fingerprint density at radius 1 is 1.27 bits per heavy atom. The zero-order valence-corrected chi connectivity index (χ0v) is 13.2. The van der Waals surface area contributed by atoms with Gasteiger partial charge in [0.15, 0.2) is 5.78 Å². The summed E-state index contributed by atoms with van der Waals surface area (Å²) in [4.78, 5) is 16.6. The van der Waals surface area contributed by atoms with Crippen LogP contribution in [0.1, 0.15) is 55.8 Å². The van der Waals surface area contributed by atoms with Crippen LogP contribution in [0.5, 0.6) is 0 Å². The van der Waals surface area contributed by atoms with Crippen molar-refractivity contribution in [3.8, 4) is 0 Å². The Morgan fingerprint density at radius 3 is 3.05 bits per heavy atom. The Bertz CT molecular complexity index is 704. The molecule has 2 N–H and O–H groups in total. The number of H-pyrrole nitrogens is 1. The van der Waals surface area contributed by atoms with E-state index in [2.05, 4.69) is 23.3 Å². The van der Waals surface area contributed by atoms with Gasteiger partial charge in [-0.25, -0.2) is 0 Å². The fourth-order valence-corrected chi connectivity index (χ4v) is 4.70. The Kier molecular flexibility index (Phi) is 3.33. The van der Waals surface area contributed by atoms with Crippen molar-refractivity contribution in [1.29, 1.82) is 0 Å². The molecule has 1 aromatic carbocycles. The molecule has 3 nitrogen and oxygen atoms in total. The number of benzene rings is 1. The third-order valence-electron chi connectivity index (χ3n) is 5.81. The fraction of sp³-hybridized carbons (Fsp3) is 0.526. The Hall–Kier alpha value is -1.61. The van der Waals surface area contributed by atoms with E-state index in [4.69, 9.17) is 0 Å². The van der Waals surface area contributed by atoms with Crippen LogP contribution in [0.3, 0.4) is 0 Å². The summed E-state index contributed by atoms with van der Waals surface area (Å²) in [6.45, 7) is 2.20. The summed E-state index contributed by atoms with van der Waals surface area (Å²) in [7, 11) is 0. The molecule has 2 aliphatic heterocycles. The van der Waals surface area contributed by atoms with Crippen molar-refractivity contribution in [3.05, 3.63) is 36.0 Å². The lowest BCUT2D eigenvalue weighted by atomic mass is 9.67. The van der Waals surface area contributed by atoms with Gasteiger partial charge in [0.2, 0.25) is 0 Å². The second-order valence-corrected chi connectivity index (χ2v) is 7.05. The largest absolute Gasteiger partial charge is 0.361 e. The number of nitrogens with one attached hydrogen (secondary N) is 2. The van der Waals surface area contributed by atoms with Crippen molar-refractivity contribution in [2.75, 3.05) is 0 Å². The van der Waals surface area contributed by atoms with Crippen molar-refractivity contribution in [1.82, 2.24) is 10.3 Å². The quantitative estimate of drug-likeness (QED) is 0.836. The van der Waals surface area contributed by atoms with Gasteiger partial charge in [-0.15, -0.1) is 0 Å². The van der Waals surface area contributed by atoms with E-state index in [1.54, 1.807) is 0 Å².